The van der Waals surface area contributed by atoms with Crippen molar-refractivity contribution in [3.8, 4) is 11.5 Å². The van der Waals surface area contributed by atoms with E-state index in [9.17, 15) is 9.59 Å². The summed E-state index contributed by atoms with van der Waals surface area (Å²) in [7, 11) is 3.16. The van der Waals surface area contributed by atoms with Crippen LogP contribution in [0.25, 0.3) is 0 Å². The predicted molar refractivity (Wildman–Crippen MR) is 116 cm³/mol. The fraction of sp³-hybridized carbons (Fsp3) is 0.304. The molecular weight excluding hydrogens is 425 g/mol. The van der Waals surface area contributed by atoms with Crippen LogP contribution in [0.5, 0.6) is 11.5 Å². The van der Waals surface area contributed by atoms with E-state index >= 15 is 0 Å². The summed E-state index contributed by atoms with van der Waals surface area (Å²) in [6, 6.07) is 10.8. The van der Waals surface area contributed by atoms with Gasteiger partial charge in [-0.05, 0) is 47.7 Å². The van der Waals surface area contributed by atoms with Gasteiger partial charge in [0.25, 0.3) is 0 Å². The first-order chi connectivity index (χ1) is 14.4. The van der Waals surface area contributed by atoms with Gasteiger partial charge in [0.2, 0.25) is 5.91 Å². The number of carbonyl (C=O) groups excluding carboxylic acids is 2. The van der Waals surface area contributed by atoms with Crippen molar-refractivity contribution >= 4 is 34.9 Å². The molecule has 0 spiro atoms. The molecule has 0 radical (unpaired) electrons. The minimum absolute atomic E-state index is 0.0204. The molecule has 0 bridgehead atoms. The standard InChI is InChI=1S/C23H21Cl2NO4/c1-29-20-6-3-12(9-21(20)30-2)13-7-18-23(19(27)8-13)16(11-22(28)26-18)15-5-4-14(24)10-17(15)25/h3-6,9-10,13,16H,7-8,11H2,1-2H3,(H,26,28)/t13-,16-/m1/s1. The highest BCUT2D eigenvalue weighted by Crippen LogP contribution is 2.45. The molecule has 156 valence electrons. The number of hydrogen-bond donors (Lipinski definition) is 1. The number of allylic oxidation sites excluding steroid dienone is 2. The second-order valence-corrected chi connectivity index (χ2v) is 8.35. The second-order valence-electron chi connectivity index (χ2n) is 7.51. The number of nitrogens with one attached hydrogen (secondary N) is 1. The Kier molecular flexibility index (Phi) is 5.76. The first-order valence-electron chi connectivity index (χ1n) is 9.64. The Balaban J connectivity index is 1.71. The average Bonchev–Trinajstić information content (AvgIpc) is 2.72. The zero-order valence-corrected chi connectivity index (χ0v) is 18.1. The van der Waals surface area contributed by atoms with Crippen molar-refractivity contribution in [1.82, 2.24) is 5.32 Å². The van der Waals surface area contributed by atoms with Crippen LogP contribution in [0.15, 0.2) is 47.7 Å². The SMILES string of the molecule is COc1ccc([C@H]2CC(=O)C3=C(C2)NC(=O)C[C@@H]3c2ccc(Cl)cc2Cl)cc1OC. The van der Waals surface area contributed by atoms with Crippen LogP contribution in [0, 0.1) is 0 Å². The lowest BCUT2D eigenvalue weighted by molar-refractivity contribution is -0.122. The molecule has 4 rings (SSSR count). The summed E-state index contributed by atoms with van der Waals surface area (Å²) >= 11 is 12.4. The topological polar surface area (TPSA) is 64.6 Å². The minimum atomic E-state index is -0.364. The highest BCUT2D eigenvalue weighted by molar-refractivity contribution is 6.35. The summed E-state index contributed by atoms with van der Waals surface area (Å²) < 4.78 is 10.7. The van der Waals surface area contributed by atoms with Gasteiger partial charge in [0.15, 0.2) is 17.3 Å². The second kappa shape index (κ2) is 8.32. The molecule has 2 aromatic rings. The van der Waals surface area contributed by atoms with Crippen molar-refractivity contribution in [1.29, 1.82) is 0 Å². The molecule has 1 aliphatic heterocycles. The molecule has 0 saturated heterocycles. The number of amides is 1. The normalized spacial score (nSPS) is 21.2. The summed E-state index contributed by atoms with van der Waals surface area (Å²) in [5.41, 5.74) is 3.05. The smallest absolute Gasteiger partial charge is 0.225 e. The van der Waals surface area contributed by atoms with E-state index in [1.54, 1.807) is 32.4 Å². The molecule has 2 aliphatic rings. The molecule has 0 saturated carbocycles. The third-order valence-electron chi connectivity index (χ3n) is 5.75. The number of methoxy groups -OCH3 is 2. The van der Waals surface area contributed by atoms with Crippen molar-refractivity contribution in [3.05, 3.63) is 68.8 Å². The molecular formula is C23H21Cl2NO4. The van der Waals surface area contributed by atoms with E-state index in [-0.39, 0.29) is 29.9 Å². The fourth-order valence-electron chi connectivity index (χ4n) is 4.35. The monoisotopic (exact) mass is 445 g/mol. The van der Waals surface area contributed by atoms with E-state index < -0.39 is 0 Å². The molecule has 1 aliphatic carbocycles. The van der Waals surface area contributed by atoms with Crippen LogP contribution in [-0.2, 0) is 9.59 Å². The molecule has 7 heteroatoms. The van der Waals surface area contributed by atoms with Gasteiger partial charge in [-0.3, -0.25) is 9.59 Å². The Labute approximate surface area is 185 Å². The van der Waals surface area contributed by atoms with Gasteiger partial charge < -0.3 is 14.8 Å². The Morgan fingerprint density at radius 2 is 1.70 bits per heavy atom. The predicted octanol–water partition coefficient (Wildman–Crippen LogP) is 5.01. The molecule has 30 heavy (non-hydrogen) atoms. The largest absolute Gasteiger partial charge is 0.493 e. The lowest BCUT2D eigenvalue weighted by atomic mass is 9.73. The number of benzene rings is 2. The van der Waals surface area contributed by atoms with Crippen LogP contribution >= 0.6 is 23.2 Å². The number of Topliss-reactive ketones (excluding diaryl/α,β-unsaturated/α-hetero) is 1. The van der Waals surface area contributed by atoms with Gasteiger partial charge in [-0.1, -0.05) is 35.3 Å². The Hall–Kier alpha value is -2.50. The number of carbonyl (C=O) groups is 2. The number of rotatable bonds is 4. The van der Waals surface area contributed by atoms with Crippen LogP contribution in [0.1, 0.15) is 42.2 Å². The maximum Gasteiger partial charge on any atom is 0.225 e. The molecule has 0 aromatic heterocycles. The Morgan fingerprint density at radius 1 is 0.933 bits per heavy atom. The zero-order chi connectivity index (χ0) is 21.4. The van der Waals surface area contributed by atoms with E-state index in [0.29, 0.717) is 45.7 Å². The molecule has 0 fully saturated rings. The van der Waals surface area contributed by atoms with Crippen molar-refractivity contribution in [2.24, 2.45) is 0 Å². The van der Waals surface area contributed by atoms with Gasteiger partial charge in [0, 0.05) is 40.1 Å². The molecule has 0 unspecified atom stereocenters. The van der Waals surface area contributed by atoms with E-state index in [2.05, 4.69) is 5.32 Å². The molecule has 5 nitrogen and oxygen atoms in total. The summed E-state index contributed by atoms with van der Waals surface area (Å²) in [4.78, 5) is 25.7. The number of ether oxygens (including phenoxy) is 2. The summed E-state index contributed by atoms with van der Waals surface area (Å²) in [6.45, 7) is 0. The van der Waals surface area contributed by atoms with Gasteiger partial charge in [-0.2, -0.15) is 0 Å². The quantitative estimate of drug-likeness (QED) is 0.717. The van der Waals surface area contributed by atoms with Gasteiger partial charge in [0.05, 0.1) is 14.2 Å². The minimum Gasteiger partial charge on any atom is -0.493 e. The summed E-state index contributed by atoms with van der Waals surface area (Å²) in [5.74, 6) is 0.721. The van der Waals surface area contributed by atoms with Gasteiger partial charge in [-0.15, -0.1) is 0 Å². The molecule has 2 aromatic carbocycles. The number of ketones is 1. The fourth-order valence-corrected chi connectivity index (χ4v) is 4.89. The Morgan fingerprint density at radius 3 is 2.40 bits per heavy atom. The van der Waals surface area contributed by atoms with E-state index in [1.807, 2.05) is 18.2 Å². The zero-order valence-electron chi connectivity index (χ0n) is 16.6. The lowest BCUT2D eigenvalue weighted by Crippen LogP contribution is -2.38. The van der Waals surface area contributed by atoms with Crippen LogP contribution in [-0.4, -0.2) is 25.9 Å². The van der Waals surface area contributed by atoms with Crippen LogP contribution in [0.4, 0.5) is 0 Å². The van der Waals surface area contributed by atoms with E-state index in [0.717, 1.165) is 11.1 Å². The Bertz CT molecular complexity index is 1060. The summed E-state index contributed by atoms with van der Waals surface area (Å²) in [5, 5.41) is 3.90. The van der Waals surface area contributed by atoms with Gasteiger partial charge >= 0.3 is 0 Å². The van der Waals surface area contributed by atoms with E-state index in [4.69, 9.17) is 32.7 Å². The van der Waals surface area contributed by atoms with Gasteiger partial charge in [-0.25, -0.2) is 0 Å². The van der Waals surface area contributed by atoms with Crippen LogP contribution in [0.2, 0.25) is 10.0 Å². The number of halogens is 2. The van der Waals surface area contributed by atoms with Crippen LogP contribution in [0.3, 0.4) is 0 Å². The van der Waals surface area contributed by atoms with Crippen molar-refractivity contribution in [2.75, 3.05) is 14.2 Å². The lowest BCUT2D eigenvalue weighted by Gasteiger charge is -2.35. The maximum absolute atomic E-state index is 13.2. The molecule has 1 heterocycles. The van der Waals surface area contributed by atoms with Gasteiger partial charge in [0.1, 0.15) is 0 Å². The third-order valence-corrected chi connectivity index (χ3v) is 6.32. The first-order valence-corrected chi connectivity index (χ1v) is 10.4. The van der Waals surface area contributed by atoms with Crippen molar-refractivity contribution in [2.45, 2.75) is 31.1 Å². The molecule has 2 atom stereocenters. The number of hydrogen-bond acceptors (Lipinski definition) is 4. The summed E-state index contributed by atoms with van der Waals surface area (Å²) in [6.07, 6.45) is 1.10. The van der Waals surface area contributed by atoms with Crippen LogP contribution < -0.4 is 14.8 Å². The molecule has 1 amide bonds. The maximum atomic E-state index is 13.2. The third kappa shape index (κ3) is 3.80. The first kappa shape index (κ1) is 20.8. The highest BCUT2D eigenvalue weighted by atomic mass is 35.5. The highest BCUT2D eigenvalue weighted by Gasteiger charge is 2.39. The molecule has 1 N–H and O–H groups in total. The van der Waals surface area contributed by atoms with Crippen molar-refractivity contribution in [3.63, 3.8) is 0 Å². The average molecular weight is 446 g/mol. The van der Waals surface area contributed by atoms with E-state index in [1.165, 1.54) is 0 Å². The van der Waals surface area contributed by atoms with Crippen molar-refractivity contribution < 1.29 is 19.1 Å².